The van der Waals surface area contributed by atoms with Gasteiger partial charge in [-0.1, -0.05) is 33.1 Å². The molecule has 0 aliphatic heterocycles. The summed E-state index contributed by atoms with van der Waals surface area (Å²) in [5.74, 6) is 0. The van der Waals surface area contributed by atoms with Crippen molar-refractivity contribution < 1.29 is 25.2 Å². The molecule has 0 saturated heterocycles. The van der Waals surface area contributed by atoms with Crippen LogP contribution in [0.5, 0.6) is 0 Å². The maximum Gasteiger partial charge on any atom is 0.503 e. The third-order valence-electron chi connectivity index (χ3n) is 1.73. The Hall–Kier alpha value is -0.810. The van der Waals surface area contributed by atoms with E-state index in [0.717, 1.165) is 19.3 Å². The van der Waals surface area contributed by atoms with Crippen molar-refractivity contribution in [3.8, 4) is 0 Å². The van der Waals surface area contributed by atoms with Crippen molar-refractivity contribution >= 4 is 6.16 Å². The molecule has 0 heterocycles. The lowest BCUT2D eigenvalue weighted by Gasteiger charge is -2.08. The third kappa shape index (κ3) is 17.3. The number of hydrogen-bond donors (Lipinski definition) is 3. The van der Waals surface area contributed by atoms with Crippen molar-refractivity contribution in [1.82, 2.24) is 0 Å². The fourth-order valence-corrected chi connectivity index (χ4v) is 0.953. The summed E-state index contributed by atoms with van der Waals surface area (Å²) < 4.78 is 0. The van der Waals surface area contributed by atoms with E-state index >= 15 is 0 Å². The molecule has 0 saturated carbocycles. The zero-order valence-corrected chi connectivity index (χ0v) is 8.77. The highest BCUT2D eigenvalue weighted by atomic mass is 17.1. The molecule has 1 unspecified atom stereocenters. The second-order valence-electron chi connectivity index (χ2n) is 2.91. The Bertz CT molecular complexity index is 118. The SMILES string of the molecule is CCCCCC(CC)OO.O=C(O)O. The van der Waals surface area contributed by atoms with Gasteiger partial charge in [-0.25, -0.2) is 9.68 Å². The van der Waals surface area contributed by atoms with Crippen LogP contribution in [0.15, 0.2) is 0 Å². The molecule has 1 atom stereocenters. The molecule has 0 fully saturated rings. The third-order valence-corrected chi connectivity index (χ3v) is 1.73. The lowest BCUT2D eigenvalue weighted by atomic mass is 10.1. The Morgan fingerprint density at radius 3 is 2.07 bits per heavy atom. The van der Waals surface area contributed by atoms with Crippen molar-refractivity contribution in [2.75, 3.05) is 0 Å². The molecule has 0 bridgehead atoms. The van der Waals surface area contributed by atoms with Crippen molar-refractivity contribution in [3.05, 3.63) is 0 Å². The molecule has 0 aromatic heterocycles. The Morgan fingerprint density at radius 2 is 1.79 bits per heavy atom. The van der Waals surface area contributed by atoms with E-state index in [0.29, 0.717) is 0 Å². The highest BCUT2D eigenvalue weighted by molar-refractivity contribution is 5.53. The predicted octanol–water partition coefficient (Wildman–Crippen LogP) is 3.06. The molecule has 5 heteroatoms. The van der Waals surface area contributed by atoms with Crippen LogP contribution < -0.4 is 0 Å². The molecule has 14 heavy (non-hydrogen) atoms. The van der Waals surface area contributed by atoms with Crippen molar-refractivity contribution in [2.24, 2.45) is 0 Å². The average Bonchev–Trinajstić information content (AvgIpc) is 2.12. The second-order valence-corrected chi connectivity index (χ2v) is 2.91. The zero-order chi connectivity index (χ0) is 11.4. The second kappa shape index (κ2) is 12.2. The van der Waals surface area contributed by atoms with Crippen molar-refractivity contribution in [3.63, 3.8) is 0 Å². The summed E-state index contributed by atoms with van der Waals surface area (Å²) in [7, 11) is 0. The highest BCUT2D eigenvalue weighted by Gasteiger charge is 2.03. The molecule has 0 rings (SSSR count). The summed E-state index contributed by atoms with van der Waals surface area (Å²) in [6, 6.07) is 0. The van der Waals surface area contributed by atoms with E-state index in [9.17, 15) is 0 Å². The largest absolute Gasteiger partial charge is 0.503 e. The van der Waals surface area contributed by atoms with Crippen molar-refractivity contribution in [1.29, 1.82) is 0 Å². The van der Waals surface area contributed by atoms with Gasteiger partial charge in [0.2, 0.25) is 0 Å². The van der Waals surface area contributed by atoms with Gasteiger partial charge in [0.1, 0.15) is 0 Å². The fourth-order valence-electron chi connectivity index (χ4n) is 0.953. The summed E-state index contributed by atoms with van der Waals surface area (Å²) in [5, 5.41) is 22.3. The maximum absolute atomic E-state index is 8.56. The molecule has 0 amide bonds. The molecule has 86 valence electrons. The van der Waals surface area contributed by atoms with E-state index in [4.69, 9.17) is 20.3 Å². The van der Waals surface area contributed by atoms with Gasteiger partial charge in [0, 0.05) is 0 Å². The van der Waals surface area contributed by atoms with Gasteiger partial charge in [0.25, 0.3) is 0 Å². The first-order valence-corrected chi connectivity index (χ1v) is 4.80. The first kappa shape index (κ1) is 15.7. The molecule has 0 aliphatic carbocycles. The van der Waals surface area contributed by atoms with Crippen LogP contribution >= 0.6 is 0 Å². The molecule has 5 nitrogen and oxygen atoms in total. The number of hydrogen-bond acceptors (Lipinski definition) is 3. The van der Waals surface area contributed by atoms with Gasteiger partial charge >= 0.3 is 6.16 Å². The summed E-state index contributed by atoms with van der Waals surface area (Å²) in [5.41, 5.74) is 0. The number of carbonyl (C=O) groups is 1. The van der Waals surface area contributed by atoms with Gasteiger partial charge in [-0.15, -0.1) is 0 Å². The Kier molecular flexibility index (Phi) is 13.6. The summed E-state index contributed by atoms with van der Waals surface area (Å²) >= 11 is 0. The first-order valence-electron chi connectivity index (χ1n) is 4.80. The van der Waals surface area contributed by atoms with Gasteiger partial charge in [0.15, 0.2) is 0 Å². The Labute approximate surface area is 84.3 Å². The zero-order valence-electron chi connectivity index (χ0n) is 8.77. The van der Waals surface area contributed by atoms with E-state index in [1.165, 1.54) is 12.8 Å². The van der Waals surface area contributed by atoms with E-state index < -0.39 is 6.16 Å². The quantitative estimate of drug-likeness (QED) is 0.354. The van der Waals surface area contributed by atoms with Crippen LogP contribution in [-0.2, 0) is 4.89 Å². The van der Waals surface area contributed by atoms with Gasteiger partial charge < -0.3 is 10.2 Å². The summed E-state index contributed by atoms with van der Waals surface area (Å²) in [4.78, 5) is 12.8. The summed E-state index contributed by atoms with van der Waals surface area (Å²) in [6.07, 6.45) is 3.74. The minimum atomic E-state index is -1.83. The lowest BCUT2D eigenvalue weighted by molar-refractivity contribution is -0.280. The van der Waals surface area contributed by atoms with Crippen LogP contribution in [-0.4, -0.2) is 27.7 Å². The van der Waals surface area contributed by atoms with E-state index in [1.807, 2.05) is 6.92 Å². The van der Waals surface area contributed by atoms with E-state index in [2.05, 4.69) is 11.8 Å². The fraction of sp³-hybridized carbons (Fsp3) is 0.889. The molecule has 3 N–H and O–H groups in total. The topological polar surface area (TPSA) is 87.0 Å². The van der Waals surface area contributed by atoms with Gasteiger partial charge in [-0.3, -0.25) is 5.26 Å². The first-order chi connectivity index (χ1) is 6.58. The smallest absolute Gasteiger partial charge is 0.450 e. The van der Waals surface area contributed by atoms with Crippen LogP contribution in [0, 0.1) is 0 Å². The number of rotatable bonds is 6. The molecule has 0 aromatic rings. The van der Waals surface area contributed by atoms with Crippen LogP contribution in [0.3, 0.4) is 0 Å². The number of unbranched alkanes of at least 4 members (excludes halogenated alkanes) is 2. The normalized spacial score (nSPS) is 11.4. The lowest BCUT2D eigenvalue weighted by Crippen LogP contribution is -2.08. The van der Waals surface area contributed by atoms with Crippen LogP contribution in [0.4, 0.5) is 4.79 Å². The van der Waals surface area contributed by atoms with E-state index in [-0.39, 0.29) is 6.10 Å². The summed E-state index contributed by atoms with van der Waals surface area (Å²) in [6.45, 7) is 4.19. The molecule has 0 radical (unpaired) electrons. The number of carboxylic acid groups (broad SMARTS) is 2. The molecule has 0 spiro atoms. The highest BCUT2D eigenvalue weighted by Crippen LogP contribution is 2.08. The van der Waals surface area contributed by atoms with E-state index in [1.54, 1.807) is 0 Å². The molecular formula is C9H20O5. The van der Waals surface area contributed by atoms with Crippen LogP contribution in [0.25, 0.3) is 0 Å². The van der Waals surface area contributed by atoms with Crippen LogP contribution in [0.2, 0.25) is 0 Å². The minimum Gasteiger partial charge on any atom is -0.450 e. The minimum absolute atomic E-state index is 0.0616. The monoisotopic (exact) mass is 208 g/mol. The van der Waals surface area contributed by atoms with Gasteiger partial charge in [0.05, 0.1) is 6.10 Å². The van der Waals surface area contributed by atoms with Crippen LogP contribution in [0.1, 0.15) is 46.0 Å². The standard InChI is InChI=1S/C8H18O2.CH2O3/c1-3-5-6-7-8(4-2)10-9;2-1(3)4/h8-9H,3-7H2,1-2H3;(H2,2,3,4). The molecule has 0 aliphatic rings. The molecule has 0 aromatic carbocycles. The van der Waals surface area contributed by atoms with Gasteiger partial charge in [-0.2, -0.15) is 0 Å². The average molecular weight is 208 g/mol. The van der Waals surface area contributed by atoms with Gasteiger partial charge in [-0.05, 0) is 12.8 Å². The van der Waals surface area contributed by atoms with Crippen molar-refractivity contribution in [2.45, 2.75) is 52.1 Å². The predicted molar refractivity (Wildman–Crippen MR) is 52.6 cm³/mol. The maximum atomic E-state index is 8.56. The Morgan fingerprint density at radius 1 is 1.29 bits per heavy atom. The molecular weight excluding hydrogens is 188 g/mol. The Balaban J connectivity index is 0.